The predicted octanol–water partition coefficient (Wildman–Crippen LogP) is 9.09. The second-order valence-corrected chi connectivity index (χ2v) is 7.81. The molecule has 0 heterocycles. The lowest BCUT2D eigenvalue weighted by Gasteiger charge is -2.04. The van der Waals surface area contributed by atoms with Crippen LogP contribution in [0.1, 0.15) is 130 Å². The molecule has 0 unspecified atom stereocenters. The smallest absolute Gasteiger partial charge is 0.0890 e. The molecule has 0 bridgehead atoms. The number of hydrogen-bond acceptors (Lipinski definition) is 1. The minimum Gasteiger partial charge on any atom is -0.473 e. The van der Waals surface area contributed by atoms with Crippen molar-refractivity contribution >= 4 is 0 Å². The zero-order chi connectivity index (χ0) is 18.6. The van der Waals surface area contributed by atoms with E-state index in [4.69, 9.17) is 4.74 Å². The van der Waals surface area contributed by atoms with E-state index in [0.29, 0.717) is 0 Å². The molecule has 0 aromatic rings. The molecule has 25 heavy (non-hydrogen) atoms. The van der Waals surface area contributed by atoms with Gasteiger partial charge in [-0.1, -0.05) is 90.9 Å². The maximum Gasteiger partial charge on any atom is 0.0890 e. The molecule has 0 aliphatic heterocycles. The first-order chi connectivity index (χ1) is 12.2. The van der Waals surface area contributed by atoms with E-state index < -0.39 is 0 Å². The lowest BCUT2D eigenvalue weighted by Crippen LogP contribution is -1.85. The molecule has 0 N–H and O–H groups in total. The average Bonchev–Trinajstić information content (AvgIpc) is 2.60. The van der Waals surface area contributed by atoms with Crippen LogP contribution in [0.4, 0.5) is 0 Å². The molecule has 148 valence electrons. The Morgan fingerprint density at radius 3 is 1.20 bits per heavy atom. The van der Waals surface area contributed by atoms with Crippen molar-refractivity contribution in [3.8, 4) is 0 Å². The largest absolute Gasteiger partial charge is 0.473 e. The molecule has 1 heteroatoms. The summed E-state index contributed by atoms with van der Waals surface area (Å²) >= 11 is 0. The van der Waals surface area contributed by atoms with Gasteiger partial charge in [0.1, 0.15) is 0 Å². The maximum atomic E-state index is 5.65. The van der Waals surface area contributed by atoms with E-state index in [1.165, 1.54) is 114 Å². The third-order valence-electron chi connectivity index (χ3n) is 4.89. The summed E-state index contributed by atoms with van der Waals surface area (Å²) in [4.78, 5) is 0. The van der Waals surface area contributed by atoms with Gasteiger partial charge >= 0.3 is 0 Å². The topological polar surface area (TPSA) is 9.23 Å². The highest BCUT2D eigenvalue weighted by Crippen LogP contribution is 2.14. The molecule has 0 radical (unpaired) electrons. The van der Waals surface area contributed by atoms with Gasteiger partial charge in [-0.25, -0.2) is 0 Å². The quantitative estimate of drug-likeness (QED) is 0.177. The van der Waals surface area contributed by atoms with Crippen LogP contribution in [-0.2, 0) is 4.74 Å². The van der Waals surface area contributed by atoms with Gasteiger partial charge in [-0.2, -0.15) is 0 Å². The summed E-state index contributed by atoms with van der Waals surface area (Å²) in [5.41, 5.74) is 2.74. The van der Waals surface area contributed by atoms with Gasteiger partial charge in [0, 0.05) is 0 Å². The second-order valence-electron chi connectivity index (χ2n) is 7.81. The van der Waals surface area contributed by atoms with Crippen LogP contribution < -0.4 is 0 Å². The van der Waals surface area contributed by atoms with Crippen molar-refractivity contribution < 1.29 is 4.74 Å². The van der Waals surface area contributed by atoms with Gasteiger partial charge in [-0.3, -0.25) is 0 Å². The molecule has 0 rings (SSSR count). The highest BCUT2D eigenvalue weighted by atomic mass is 16.5. The van der Waals surface area contributed by atoms with Crippen molar-refractivity contribution in [2.24, 2.45) is 0 Å². The van der Waals surface area contributed by atoms with E-state index in [1.807, 2.05) is 12.5 Å². The van der Waals surface area contributed by atoms with Crippen LogP contribution in [0.25, 0.3) is 0 Å². The summed E-state index contributed by atoms with van der Waals surface area (Å²) in [6.45, 7) is 8.94. The standard InChI is InChI=1S/C24H46O/c1-5-7-9-11-13-15-17-19-23(3)21-25-22-24(4)20-18-16-14-12-10-8-6-2/h21-22H,5-20H2,1-4H3/b23-21+,24-22+. The van der Waals surface area contributed by atoms with Gasteiger partial charge in [0.2, 0.25) is 0 Å². The molecule has 0 saturated carbocycles. The van der Waals surface area contributed by atoms with Crippen LogP contribution in [0.2, 0.25) is 0 Å². The molecule has 1 nitrogen and oxygen atoms in total. The first-order valence-electron chi connectivity index (χ1n) is 11.2. The van der Waals surface area contributed by atoms with Crippen LogP contribution in [0.3, 0.4) is 0 Å². The zero-order valence-corrected chi connectivity index (χ0v) is 17.9. The summed E-state index contributed by atoms with van der Waals surface area (Å²) in [6, 6.07) is 0. The minimum atomic E-state index is 1.18. The van der Waals surface area contributed by atoms with Gasteiger partial charge in [0.25, 0.3) is 0 Å². The molecule has 0 atom stereocenters. The Labute approximate surface area is 159 Å². The van der Waals surface area contributed by atoms with Gasteiger partial charge in [0.15, 0.2) is 0 Å². The van der Waals surface area contributed by atoms with Crippen molar-refractivity contribution in [3.63, 3.8) is 0 Å². The van der Waals surface area contributed by atoms with Crippen LogP contribution in [0, 0.1) is 0 Å². The fraction of sp³-hybridized carbons (Fsp3) is 0.833. The number of ether oxygens (including phenoxy) is 1. The van der Waals surface area contributed by atoms with Crippen molar-refractivity contribution in [1.82, 2.24) is 0 Å². The Bertz CT molecular complexity index is 295. The van der Waals surface area contributed by atoms with Crippen LogP contribution in [0.5, 0.6) is 0 Å². The van der Waals surface area contributed by atoms with E-state index in [2.05, 4.69) is 27.7 Å². The van der Waals surface area contributed by atoms with Crippen LogP contribution in [-0.4, -0.2) is 0 Å². The molecule has 0 aliphatic rings. The highest BCUT2D eigenvalue weighted by Gasteiger charge is 1.95. The Morgan fingerprint density at radius 1 is 0.520 bits per heavy atom. The van der Waals surface area contributed by atoms with Gasteiger partial charge in [0.05, 0.1) is 12.5 Å². The van der Waals surface area contributed by atoms with Crippen molar-refractivity contribution in [1.29, 1.82) is 0 Å². The fourth-order valence-electron chi connectivity index (χ4n) is 3.11. The van der Waals surface area contributed by atoms with Gasteiger partial charge in [-0.05, 0) is 50.7 Å². The van der Waals surface area contributed by atoms with Crippen LogP contribution in [0.15, 0.2) is 23.7 Å². The lowest BCUT2D eigenvalue weighted by molar-refractivity contribution is 0.388. The van der Waals surface area contributed by atoms with E-state index in [0.717, 1.165) is 0 Å². The minimum absolute atomic E-state index is 1.18. The molecule has 0 spiro atoms. The summed E-state index contributed by atoms with van der Waals surface area (Å²) in [6.07, 6.45) is 25.5. The van der Waals surface area contributed by atoms with Gasteiger partial charge in [-0.15, -0.1) is 0 Å². The predicted molar refractivity (Wildman–Crippen MR) is 114 cm³/mol. The van der Waals surface area contributed by atoms with E-state index in [9.17, 15) is 0 Å². The van der Waals surface area contributed by atoms with Crippen molar-refractivity contribution in [3.05, 3.63) is 23.7 Å². The molecule has 0 aromatic carbocycles. The Kier molecular flexibility index (Phi) is 19.0. The Morgan fingerprint density at radius 2 is 0.840 bits per heavy atom. The molecular weight excluding hydrogens is 304 g/mol. The van der Waals surface area contributed by atoms with E-state index in [-0.39, 0.29) is 0 Å². The third kappa shape index (κ3) is 19.5. The summed E-state index contributed by atoms with van der Waals surface area (Å²) in [5, 5.41) is 0. The SMILES string of the molecule is CCCCCCCCC/C(C)=C/O/C=C(\C)CCCCCCCCC. The summed E-state index contributed by atoms with van der Waals surface area (Å²) in [7, 11) is 0. The number of allylic oxidation sites excluding steroid dienone is 2. The Balaban J connectivity index is 3.55. The van der Waals surface area contributed by atoms with E-state index in [1.54, 1.807) is 0 Å². The third-order valence-corrected chi connectivity index (χ3v) is 4.89. The molecule has 0 fully saturated rings. The molecule has 0 amide bonds. The molecule has 0 aromatic heterocycles. The normalized spacial score (nSPS) is 12.6. The van der Waals surface area contributed by atoms with Crippen molar-refractivity contribution in [2.45, 2.75) is 130 Å². The monoisotopic (exact) mass is 350 g/mol. The number of rotatable bonds is 18. The maximum absolute atomic E-state index is 5.65. The average molecular weight is 351 g/mol. The number of hydrogen-bond donors (Lipinski definition) is 0. The number of unbranched alkanes of at least 4 members (excludes halogenated alkanes) is 12. The fourth-order valence-corrected chi connectivity index (χ4v) is 3.11. The summed E-state index contributed by atoms with van der Waals surface area (Å²) in [5.74, 6) is 0. The second kappa shape index (κ2) is 19.6. The van der Waals surface area contributed by atoms with Crippen LogP contribution >= 0.6 is 0 Å². The molecular formula is C24H46O. The molecule has 0 aliphatic carbocycles. The van der Waals surface area contributed by atoms with Gasteiger partial charge < -0.3 is 4.74 Å². The Hall–Kier alpha value is -0.720. The first kappa shape index (κ1) is 24.3. The summed E-state index contributed by atoms with van der Waals surface area (Å²) < 4.78 is 5.65. The zero-order valence-electron chi connectivity index (χ0n) is 17.9. The van der Waals surface area contributed by atoms with E-state index >= 15 is 0 Å². The van der Waals surface area contributed by atoms with Crippen molar-refractivity contribution in [2.75, 3.05) is 0 Å². The highest BCUT2D eigenvalue weighted by molar-refractivity contribution is 4.97. The lowest BCUT2D eigenvalue weighted by atomic mass is 10.1. The molecule has 0 saturated heterocycles. The first-order valence-corrected chi connectivity index (χ1v) is 11.2.